The molecule has 86 valence electrons. The van der Waals surface area contributed by atoms with E-state index in [2.05, 4.69) is 6.07 Å². The monoisotopic (exact) mass is 219 g/mol. The molecule has 0 aliphatic carbocycles. The molecule has 1 aliphatic rings. The van der Waals surface area contributed by atoms with E-state index in [-0.39, 0.29) is 0 Å². The van der Waals surface area contributed by atoms with E-state index in [1.807, 2.05) is 23.1 Å². The molecule has 2 rings (SSSR count). The summed E-state index contributed by atoms with van der Waals surface area (Å²) in [6.07, 6.45) is 2.64. The van der Waals surface area contributed by atoms with Crippen molar-refractivity contribution < 1.29 is 9.53 Å². The van der Waals surface area contributed by atoms with Crippen LogP contribution in [-0.2, 0) is 11.2 Å². The summed E-state index contributed by atoms with van der Waals surface area (Å²) in [5, 5.41) is 0. The van der Waals surface area contributed by atoms with Crippen molar-refractivity contribution in [3.8, 4) is 5.75 Å². The number of amides is 1. The molecule has 1 amide bonds. The Labute approximate surface area is 96.0 Å². The Balaban J connectivity index is 1.91. The van der Waals surface area contributed by atoms with Gasteiger partial charge in [0.2, 0.25) is 5.91 Å². The third-order valence-corrected chi connectivity index (χ3v) is 2.98. The minimum absolute atomic E-state index is 0.294. The van der Waals surface area contributed by atoms with E-state index in [0.29, 0.717) is 5.91 Å². The van der Waals surface area contributed by atoms with Crippen molar-refractivity contribution in [2.45, 2.75) is 19.3 Å². The summed E-state index contributed by atoms with van der Waals surface area (Å²) in [5.41, 5.74) is 1.22. The van der Waals surface area contributed by atoms with E-state index in [4.69, 9.17) is 4.74 Å². The van der Waals surface area contributed by atoms with Gasteiger partial charge in [-0.1, -0.05) is 12.1 Å². The topological polar surface area (TPSA) is 29.5 Å². The molecule has 1 aliphatic heterocycles. The van der Waals surface area contributed by atoms with Crippen LogP contribution in [0.3, 0.4) is 0 Å². The molecular formula is C13H17NO2. The van der Waals surface area contributed by atoms with Crippen molar-refractivity contribution in [1.29, 1.82) is 0 Å². The molecule has 0 saturated carbocycles. The lowest BCUT2D eigenvalue weighted by atomic mass is 10.1. The highest BCUT2D eigenvalue weighted by atomic mass is 16.5. The number of carbonyl (C=O) groups is 1. The molecule has 3 heteroatoms. The molecule has 0 unspecified atom stereocenters. The molecule has 0 atom stereocenters. The van der Waals surface area contributed by atoms with Crippen molar-refractivity contribution in [3.63, 3.8) is 0 Å². The normalized spacial score (nSPS) is 15.6. The van der Waals surface area contributed by atoms with E-state index >= 15 is 0 Å². The largest absolute Gasteiger partial charge is 0.497 e. The minimum atomic E-state index is 0.294. The minimum Gasteiger partial charge on any atom is -0.497 e. The van der Waals surface area contributed by atoms with Gasteiger partial charge in [0, 0.05) is 19.5 Å². The second kappa shape index (κ2) is 5.01. The van der Waals surface area contributed by atoms with E-state index in [0.717, 1.165) is 38.1 Å². The molecule has 16 heavy (non-hydrogen) atoms. The Morgan fingerprint density at radius 2 is 2.31 bits per heavy atom. The van der Waals surface area contributed by atoms with Crippen LogP contribution in [0, 0.1) is 0 Å². The Hall–Kier alpha value is -1.51. The number of likely N-dealkylation sites (tertiary alicyclic amines) is 1. The maximum Gasteiger partial charge on any atom is 0.222 e. The fourth-order valence-corrected chi connectivity index (χ4v) is 2.03. The third kappa shape index (κ3) is 2.54. The fraction of sp³-hybridized carbons (Fsp3) is 0.462. The van der Waals surface area contributed by atoms with Crippen LogP contribution in [0.1, 0.15) is 18.4 Å². The van der Waals surface area contributed by atoms with Crippen molar-refractivity contribution in [3.05, 3.63) is 29.8 Å². The van der Waals surface area contributed by atoms with Gasteiger partial charge in [-0.25, -0.2) is 0 Å². The second-order valence-corrected chi connectivity index (χ2v) is 4.09. The first kappa shape index (κ1) is 11.0. The quantitative estimate of drug-likeness (QED) is 0.773. The highest BCUT2D eigenvalue weighted by Gasteiger charge is 2.19. The van der Waals surface area contributed by atoms with E-state index in [1.165, 1.54) is 5.56 Å². The standard InChI is InChI=1S/C13H17NO2/c1-16-12-5-2-4-11(10-12)7-9-14-8-3-6-13(14)15/h2,4-5,10H,3,6-9H2,1H3. The average Bonchev–Trinajstić information content (AvgIpc) is 2.72. The van der Waals surface area contributed by atoms with Crippen LogP contribution in [0.25, 0.3) is 0 Å². The summed E-state index contributed by atoms with van der Waals surface area (Å²) in [7, 11) is 1.67. The Morgan fingerprint density at radius 1 is 1.44 bits per heavy atom. The van der Waals surface area contributed by atoms with Crippen LogP contribution in [0.4, 0.5) is 0 Å². The number of benzene rings is 1. The fourth-order valence-electron chi connectivity index (χ4n) is 2.03. The smallest absolute Gasteiger partial charge is 0.222 e. The van der Waals surface area contributed by atoms with Crippen LogP contribution < -0.4 is 4.74 Å². The molecule has 0 bridgehead atoms. The third-order valence-electron chi connectivity index (χ3n) is 2.98. The van der Waals surface area contributed by atoms with Gasteiger partial charge in [-0.3, -0.25) is 4.79 Å². The van der Waals surface area contributed by atoms with Gasteiger partial charge in [-0.2, -0.15) is 0 Å². The van der Waals surface area contributed by atoms with Gasteiger partial charge in [0.1, 0.15) is 5.75 Å². The zero-order chi connectivity index (χ0) is 11.4. The first-order valence-corrected chi connectivity index (χ1v) is 5.70. The summed E-state index contributed by atoms with van der Waals surface area (Å²) in [5.74, 6) is 1.17. The Bertz CT molecular complexity index is 376. The van der Waals surface area contributed by atoms with Crippen LogP contribution in [0.5, 0.6) is 5.75 Å². The maximum atomic E-state index is 11.4. The number of hydrogen-bond acceptors (Lipinski definition) is 2. The number of methoxy groups -OCH3 is 1. The SMILES string of the molecule is COc1cccc(CCN2CCCC2=O)c1. The van der Waals surface area contributed by atoms with Crippen molar-refractivity contribution in [1.82, 2.24) is 4.90 Å². The summed E-state index contributed by atoms with van der Waals surface area (Å²) in [4.78, 5) is 13.4. The number of ether oxygens (including phenoxy) is 1. The predicted octanol–water partition coefficient (Wildman–Crippen LogP) is 1.86. The second-order valence-electron chi connectivity index (χ2n) is 4.09. The molecule has 3 nitrogen and oxygen atoms in total. The lowest BCUT2D eigenvalue weighted by Crippen LogP contribution is -2.26. The molecule has 0 spiro atoms. The average molecular weight is 219 g/mol. The van der Waals surface area contributed by atoms with Crippen LogP contribution in [0.2, 0.25) is 0 Å². The van der Waals surface area contributed by atoms with Crippen LogP contribution in [0.15, 0.2) is 24.3 Å². The van der Waals surface area contributed by atoms with Gasteiger partial charge in [0.15, 0.2) is 0 Å². The highest BCUT2D eigenvalue weighted by Crippen LogP contribution is 2.15. The zero-order valence-electron chi connectivity index (χ0n) is 9.61. The summed E-state index contributed by atoms with van der Waals surface area (Å²) < 4.78 is 5.17. The summed E-state index contributed by atoms with van der Waals surface area (Å²) in [6.45, 7) is 1.74. The molecular weight excluding hydrogens is 202 g/mol. The summed E-state index contributed by atoms with van der Waals surface area (Å²) in [6, 6.07) is 8.02. The van der Waals surface area contributed by atoms with Crippen LogP contribution in [-0.4, -0.2) is 31.0 Å². The van der Waals surface area contributed by atoms with Crippen molar-refractivity contribution in [2.24, 2.45) is 0 Å². The molecule has 0 radical (unpaired) electrons. The Kier molecular flexibility index (Phi) is 3.44. The van der Waals surface area contributed by atoms with Gasteiger partial charge in [-0.15, -0.1) is 0 Å². The molecule has 1 aromatic rings. The van der Waals surface area contributed by atoms with Crippen molar-refractivity contribution in [2.75, 3.05) is 20.2 Å². The summed E-state index contributed by atoms with van der Waals surface area (Å²) >= 11 is 0. The molecule has 1 aromatic carbocycles. The predicted molar refractivity (Wildman–Crippen MR) is 62.5 cm³/mol. The Morgan fingerprint density at radius 3 is 3.00 bits per heavy atom. The first-order valence-electron chi connectivity index (χ1n) is 5.70. The number of carbonyl (C=O) groups excluding carboxylic acids is 1. The highest BCUT2D eigenvalue weighted by molar-refractivity contribution is 5.78. The van der Waals surface area contributed by atoms with Crippen LogP contribution >= 0.6 is 0 Å². The molecule has 1 heterocycles. The van der Waals surface area contributed by atoms with E-state index in [1.54, 1.807) is 7.11 Å². The van der Waals surface area contributed by atoms with Crippen molar-refractivity contribution >= 4 is 5.91 Å². The number of rotatable bonds is 4. The molecule has 1 saturated heterocycles. The first-order chi connectivity index (χ1) is 7.79. The van der Waals surface area contributed by atoms with Gasteiger partial charge < -0.3 is 9.64 Å². The lowest BCUT2D eigenvalue weighted by molar-refractivity contribution is -0.127. The van der Waals surface area contributed by atoms with Gasteiger partial charge in [0.25, 0.3) is 0 Å². The van der Waals surface area contributed by atoms with E-state index in [9.17, 15) is 4.79 Å². The number of nitrogens with zero attached hydrogens (tertiary/aromatic N) is 1. The van der Waals surface area contributed by atoms with Gasteiger partial charge in [0.05, 0.1) is 7.11 Å². The van der Waals surface area contributed by atoms with Gasteiger partial charge >= 0.3 is 0 Å². The molecule has 0 N–H and O–H groups in total. The maximum absolute atomic E-state index is 11.4. The van der Waals surface area contributed by atoms with E-state index < -0.39 is 0 Å². The zero-order valence-corrected chi connectivity index (χ0v) is 9.61. The molecule has 1 fully saturated rings. The van der Waals surface area contributed by atoms with Gasteiger partial charge in [-0.05, 0) is 30.5 Å². The lowest BCUT2D eigenvalue weighted by Gasteiger charge is -2.15. The molecule has 0 aromatic heterocycles. The number of hydrogen-bond donors (Lipinski definition) is 0.